The van der Waals surface area contributed by atoms with E-state index in [9.17, 15) is 13.6 Å². The molecule has 4 nitrogen and oxygen atoms in total. The van der Waals surface area contributed by atoms with Gasteiger partial charge in [0, 0.05) is 25.7 Å². The van der Waals surface area contributed by atoms with E-state index in [1.807, 2.05) is 0 Å². The minimum absolute atomic E-state index is 0.100. The zero-order chi connectivity index (χ0) is 17.6. The van der Waals surface area contributed by atoms with E-state index in [2.05, 4.69) is 10.2 Å². The van der Waals surface area contributed by atoms with E-state index in [0.29, 0.717) is 19.0 Å². The number of piperidine rings is 1. The second kappa shape index (κ2) is 8.61. The molecule has 3 rings (SSSR count). The second-order valence-electron chi connectivity index (χ2n) is 7.20. The number of urea groups is 1. The van der Waals surface area contributed by atoms with Gasteiger partial charge >= 0.3 is 6.03 Å². The SMILES string of the molecule is O=C(Nc1cc(F)ccc1F)N1CCC(CN2CCCCCC2)CC1. The molecule has 0 saturated carbocycles. The minimum atomic E-state index is -0.620. The Morgan fingerprint density at radius 3 is 2.40 bits per heavy atom. The molecule has 0 aliphatic carbocycles. The summed E-state index contributed by atoms with van der Waals surface area (Å²) >= 11 is 0. The Morgan fingerprint density at radius 1 is 1.04 bits per heavy atom. The number of halogens is 2. The summed E-state index contributed by atoms with van der Waals surface area (Å²) in [6, 6.07) is 2.73. The highest BCUT2D eigenvalue weighted by Crippen LogP contribution is 2.22. The van der Waals surface area contributed by atoms with Gasteiger partial charge in [0.2, 0.25) is 0 Å². The number of nitrogens with zero attached hydrogens (tertiary/aromatic N) is 2. The van der Waals surface area contributed by atoms with Crippen LogP contribution in [0.2, 0.25) is 0 Å². The maximum atomic E-state index is 13.6. The maximum absolute atomic E-state index is 13.6. The number of nitrogens with one attached hydrogen (secondary N) is 1. The summed E-state index contributed by atoms with van der Waals surface area (Å²) in [5, 5.41) is 2.49. The fraction of sp³-hybridized carbons (Fsp3) is 0.632. The molecular formula is C19H27F2N3O. The molecule has 0 atom stereocenters. The lowest BCUT2D eigenvalue weighted by Crippen LogP contribution is -2.43. The highest BCUT2D eigenvalue weighted by Gasteiger charge is 2.25. The van der Waals surface area contributed by atoms with E-state index >= 15 is 0 Å². The lowest BCUT2D eigenvalue weighted by Gasteiger charge is -2.34. The summed E-state index contributed by atoms with van der Waals surface area (Å²) in [5.74, 6) is -0.563. The van der Waals surface area contributed by atoms with Gasteiger partial charge in [-0.15, -0.1) is 0 Å². The molecule has 0 aromatic heterocycles. The standard InChI is InChI=1S/C19H27F2N3O/c20-16-5-6-17(21)18(13-16)22-19(25)24-11-7-15(8-12-24)14-23-9-3-1-2-4-10-23/h5-6,13,15H,1-4,7-12,14H2,(H,22,25). The van der Waals surface area contributed by atoms with Crippen LogP contribution in [0.5, 0.6) is 0 Å². The monoisotopic (exact) mass is 351 g/mol. The molecule has 1 aromatic rings. The fourth-order valence-electron chi connectivity index (χ4n) is 3.79. The van der Waals surface area contributed by atoms with Crippen LogP contribution >= 0.6 is 0 Å². The molecule has 0 spiro atoms. The number of carbonyl (C=O) groups excluding carboxylic acids is 1. The highest BCUT2D eigenvalue weighted by molar-refractivity contribution is 5.89. The Labute approximate surface area is 148 Å². The third-order valence-electron chi connectivity index (χ3n) is 5.29. The van der Waals surface area contributed by atoms with Crippen molar-refractivity contribution in [2.75, 3.05) is 38.0 Å². The molecule has 0 bridgehead atoms. The molecule has 2 saturated heterocycles. The van der Waals surface area contributed by atoms with Gasteiger partial charge in [-0.1, -0.05) is 12.8 Å². The van der Waals surface area contributed by atoms with E-state index < -0.39 is 11.6 Å². The number of benzene rings is 1. The van der Waals surface area contributed by atoms with Gasteiger partial charge in [0.05, 0.1) is 5.69 Å². The highest BCUT2D eigenvalue weighted by atomic mass is 19.1. The summed E-state index contributed by atoms with van der Waals surface area (Å²) < 4.78 is 26.9. The number of rotatable bonds is 3. The average Bonchev–Trinajstić information content (AvgIpc) is 2.87. The first-order valence-electron chi connectivity index (χ1n) is 9.35. The van der Waals surface area contributed by atoms with Gasteiger partial charge in [-0.2, -0.15) is 0 Å². The molecule has 2 fully saturated rings. The minimum Gasteiger partial charge on any atom is -0.325 e. The number of amides is 2. The van der Waals surface area contributed by atoms with Crippen LogP contribution in [-0.4, -0.2) is 48.6 Å². The molecule has 2 aliphatic heterocycles. The van der Waals surface area contributed by atoms with Crippen molar-refractivity contribution in [3.05, 3.63) is 29.8 Å². The molecule has 1 N–H and O–H groups in total. The Bertz CT molecular complexity index is 580. The lowest BCUT2D eigenvalue weighted by atomic mass is 9.96. The predicted molar refractivity (Wildman–Crippen MR) is 94.6 cm³/mol. The predicted octanol–water partition coefficient (Wildman–Crippen LogP) is 4.08. The smallest absolute Gasteiger partial charge is 0.321 e. The Balaban J connectivity index is 1.46. The fourth-order valence-corrected chi connectivity index (χ4v) is 3.79. The lowest BCUT2D eigenvalue weighted by molar-refractivity contribution is 0.155. The maximum Gasteiger partial charge on any atom is 0.321 e. The summed E-state index contributed by atoms with van der Waals surface area (Å²) in [6.07, 6.45) is 7.20. The molecule has 2 aliphatic rings. The topological polar surface area (TPSA) is 35.6 Å². The molecule has 138 valence electrons. The summed E-state index contributed by atoms with van der Waals surface area (Å²) in [5.41, 5.74) is -0.100. The van der Waals surface area contributed by atoms with Crippen molar-refractivity contribution in [2.45, 2.75) is 38.5 Å². The van der Waals surface area contributed by atoms with Crippen LogP contribution in [0.3, 0.4) is 0 Å². The molecular weight excluding hydrogens is 324 g/mol. The van der Waals surface area contributed by atoms with E-state index in [1.165, 1.54) is 38.8 Å². The molecule has 6 heteroatoms. The average molecular weight is 351 g/mol. The molecule has 25 heavy (non-hydrogen) atoms. The van der Waals surface area contributed by atoms with Crippen LogP contribution < -0.4 is 5.32 Å². The van der Waals surface area contributed by atoms with Gasteiger partial charge < -0.3 is 15.1 Å². The van der Waals surface area contributed by atoms with Crippen molar-refractivity contribution in [1.29, 1.82) is 0 Å². The van der Waals surface area contributed by atoms with Crippen LogP contribution in [0.4, 0.5) is 19.3 Å². The molecule has 0 radical (unpaired) electrons. The molecule has 2 heterocycles. The second-order valence-corrected chi connectivity index (χ2v) is 7.20. The van der Waals surface area contributed by atoms with Crippen molar-refractivity contribution < 1.29 is 13.6 Å². The van der Waals surface area contributed by atoms with Crippen molar-refractivity contribution >= 4 is 11.7 Å². The van der Waals surface area contributed by atoms with Crippen LogP contribution in [0.25, 0.3) is 0 Å². The van der Waals surface area contributed by atoms with Gasteiger partial charge in [-0.25, -0.2) is 13.6 Å². The van der Waals surface area contributed by atoms with Crippen LogP contribution in [0, 0.1) is 17.6 Å². The third kappa shape index (κ3) is 5.14. The summed E-state index contributed by atoms with van der Waals surface area (Å²) in [6.45, 7) is 4.84. The number of likely N-dealkylation sites (tertiary alicyclic amines) is 2. The van der Waals surface area contributed by atoms with Gasteiger partial charge in [0.1, 0.15) is 11.6 Å². The van der Waals surface area contributed by atoms with Gasteiger partial charge in [0.15, 0.2) is 0 Å². The number of hydrogen-bond donors (Lipinski definition) is 1. The first kappa shape index (κ1) is 18.1. The van der Waals surface area contributed by atoms with Crippen molar-refractivity contribution in [3.63, 3.8) is 0 Å². The Hall–Kier alpha value is -1.69. The van der Waals surface area contributed by atoms with Crippen molar-refractivity contribution in [3.8, 4) is 0 Å². The van der Waals surface area contributed by atoms with Crippen LogP contribution in [-0.2, 0) is 0 Å². The van der Waals surface area contributed by atoms with Gasteiger partial charge in [0.25, 0.3) is 0 Å². The van der Waals surface area contributed by atoms with E-state index in [0.717, 1.165) is 37.6 Å². The first-order chi connectivity index (χ1) is 12.1. The third-order valence-corrected chi connectivity index (χ3v) is 5.29. The molecule has 0 unspecified atom stereocenters. The van der Waals surface area contributed by atoms with Gasteiger partial charge in [-0.05, 0) is 56.8 Å². The Morgan fingerprint density at radius 2 is 1.72 bits per heavy atom. The van der Waals surface area contributed by atoms with E-state index in [1.54, 1.807) is 4.90 Å². The van der Waals surface area contributed by atoms with Crippen molar-refractivity contribution in [2.24, 2.45) is 5.92 Å². The van der Waals surface area contributed by atoms with Crippen LogP contribution in [0.1, 0.15) is 38.5 Å². The Kier molecular flexibility index (Phi) is 6.24. The van der Waals surface area contributed by atoms with Crippen molar-refractivity contribution in [1.82, 2.24) is 9.80 Å². The molecule has 1 aromatic carbocycles. The van der Waals surface area contributed by atoms with E-state index in [-0.39, 0.29) is 11.7 Å². The van der Waals surface area contributed by atoms with Gasteiger partial charge in [-0.3, -0.25) is 0 Å². The van der Waals surface area contributed by atoms with E-state index in [4.69, 9.17) is 0 Å². The normalized spacial score (nSPS) is 20.3. The van der Waals surface area contributed by atoms with Crippen LogP contribution in [0.15, 0.2) is 18.2 Å². The molecule has 2 amide bonds. The zero-order valence-corrected chi connectivity index (χ0v) is 14.6. The largest absolute Gasteiger partial charge is 0.325 e. The number of anilines is 1. The quantitative estimate of drug-likeness (QED) is 0.890. The summed E-state index contributed by atoms with van der Waals surface area (Å²) in [7, 11) is 0. The zero-order valence-electron chi connectivity index (χ0n) is 14.6. The summed E-state index contributed by atoms with van der Waals surface area (Å²) in [4.78, 5) is 16.6. The number of carbonyl (C=O) groups is 1. The number of hydrogen-bond acceptors (Lipinski definition) is 2. The first-order valence-corrected chi connectivity index (χ1v) is 9.35.